The van der Waals surface area contributed by atoms with Gasteiger partial charge in [0.15, 0.2) is 5.58 Å². The molecule has 0 bridgehead atoms. The fraction of sp³-hybridized carbons (Fsp3) is 0.148. The van der Waals surface area contributed by atoms with Crippen molar-refractivity contribution in [1.82, 2.24) is 4.57 Å². The van der Waals surface area contributed by atoms with Crippen molar-refractivity contribution in [2.45, 2.75) is 20.0 Å². The SMILES string of the molecule is CC(C)Oc1cccc(-c2c(Nc3ccccc3)oc3c2c(=O)n(C)c2ccccc32)c1. The summed E-state index contributed by atoms with van der Waals surface area (Å²) in [5, 5.41) is 4.81. The summed E-state index contributed by atoms with van der Waals surface area (Å²) in [6, 6.07) is 25.4. The predicted octanol–water partition coefficient (Wildman–Crippen LogP) is 6.48. The van der Waals surface area contributed by atoms with Gasteiger partial charge in [-0.1, -0.05) is 42.5 Å². The van der Waals surface area contributed by atoms with Crippen molar-refractivity contribution in [2.24, 2.45) is 7.05 Å². The van der Waals surface area contributed by atoms with Crippen LogP contribution >= 0.6 is 0 Å². The van der Waals surface area contributed by atoms with Crippen LogP contribution in [0.3, 0.4) is 0 Å². The first kappa shape index (κ1) is 19.9. The van der Waals surface area contributed by atoms with Crippen LogP contribution in [0, 0.1) is 0 Å². The van der Waals surface area contributed by atoms with Crippen LogP contribution in [0.15, 0.2) is 88.1 Å². The van der Waals surface area contributed by atoms with Gasteiger partial charge in [-0.25, -0.2) is 0 Å². The highest BCUT2D eigenvalue weighted by atomic mass is 16.5. The highest BCUT2D eigenvalue weighted by Crippen LogP contribution is 2.41. The number of nitrogens with one attached hydrogen (secondary N) is 1. The van der Waals surface area contributed by atoms with Crippen LogP contribution in [0.2, 0.25) is 0 Å². The zero-order valence-electron chi connectivity index (χ0n) is 18.3. The molecule has 0 aliphatic rings. The third-order valence-electron chi connectivity index (χ3n) is 5.46. The molecule has 0 atom stereocenters. The lowest BCUT2D eigenvalue weighted by Gasteiger charge is -2.12. The van der Waals surface area contributed by atoms with Crippen LogP contribution in [0.25, 0.3) is 33.0 Å². The predicted molar refractivity (Wildman–Crippen MR) is 130 cm³/mol. The number of ether oxygens (including phenoxy) is 1. The van der Waals surface area contributed by atoms with Gasteiger partial charge in [0, 0.05) is 18.1 Å². The fourth-order valence-corrected chi connectivity index (χ4v) is 4.07. The first-order chi connectivity index (χ1) is 15.5. The maximum absolute atomic E-state index is 13.5. The number of fused-ring (bicyclic) bond motifs is 3. The summed E-state index contributed by atoms with van der Waals surface area (Å²) in [6.45, 7) is 3.98. The van der Waals surface area contributed by atoms with Gasteiger partial charge >= 0.3 is 0 Å². The lowest BCUT2D eigenvalue weighted by Crippen LogP contribution is -2.17. The van der Waals surface area contributed by atoms with Gasteiger partial charge in [-0.15, -0.1) is 0 Å². The number of aryl methyl sites for hydroxylation is 1. The maximum Gasteiger partial charge on any atom is 0.262 e. The van der Waals surface area contributed by atoms with E-state index < -0.39 is 0 Å². The van der Waals surface area contributed by atoms with Crippen molar-refractivity contribution >= 4 is 33.4 Å². The number of anilines is 2. The first-order valence-electron chi connectivity index (χ1n) is 10.7. The zero-order valence-corrected chi connectivity index (χ0v) is 18.3. The van der Waals surface area contributed by atoms with Gasteiger partial charge in [0.1, 0.15) is 5.75 Å². The second-order valence-corrected chi connectivity index (χ2v) is 8.08. The van der Waals surface area contributed by atoms with Crippen LogP contribution in [0.4, 0.5) is 11.6 Å². The Balaban J connectivity index is 1.83. The van der Waals surface area contributed by atoms with Crippen molar-refractivity contribution in [3.63, 3.8) is 0 Å². The lowest BCUT2D eigenvalue weighted by atomic mass is 10.0. The first-order valence-corrected chi connectivity index (χ1v) is 10.7. The molecule has 1 N–H and O–H groups in total. The van der Waals surface area contributed by atoms with E-state index >= 15 is 0 Å². The average molecular weight is 425 g/mol. The molecule has 5 aromatic rings. The quantitative estimate of drug-likeness (QED) is 0.351. The van der Waals surface area contributed by atoms with E-state index in [1.807, 2.05) is 92.7 Å². The Morgan fingerprint density at radius 2 is 1.69 bits per heavy atom. The Kier molecular flexibility index (Phi) is 4.94. The summed E-state index contributed by atoms with van der Waals surface area (Å²) in [7, 11) is 1.80. The second kappa shape index (κ2) is 7.93. The molecule has 0 aliphatic heterocycles. The van der Waals surface area contributed by atoms with E-state index in [9.17, 15) is 4.79 Å². The smallest absolute Gasteiger partial charge is 0.262 e. The molecule has 5 nitrogen and oxygen atoms in total. The second-order valence-electron chi connectivity index (χ2n) is 8.08. The molecule has 0 fully saturated rings. The minimum absolute atomic E-state index is 0.0464. The van der Waals surface area contributed by atoms with Gasteiger partial charge in [-0.3, -0.25) is 4.79 Å². The molecule has 0 amide bonds. The van der Waals surface area contributed by atoms with Crippen LogP contribution in [0.1, 0.15) is 13.8 Å². The Morgan fingerprint density at radius 3 is 2.47 bits per heavy atom. The van der Waals surface area contributed by atoms with Gasteiger partial charge in [0.25, 0.3) is 5.56 Å². The van der Waals surface area contributed by atoms with E-state index in [-0.39, 0.29) is 11.7 Å². The maximum atomic E-state index is 13.5. The van der Waals surface area contributed by atoms with Gasteiger partial charge in [0.2, 0.25) is 5.88 Å². The number of hydrogen-bond acceptors (Lipinski definition) is 4. The average Bonchev–Trinajstić information content (AvgIpc) is 3.17. The van der Waals surface area contributed by atoms with Gasteiger partial charge in [-0.2, -0.15) is 0 Å². The summed E-state index contributed by atoms with van der Waals surface area (Å²) >= 11 is 0. The Hall–Kier alpha value is -3.99. The number of nitrogens with zero attached hydrogens (tertiary/aromatic N) is 1. The standard InChI is InChI=1S/C27H24N2O3/c1-17(2)31-20-13-9-10-18(16-20)23-24-25(32-26(23)28-19-11-5-4-6-12-19)21-14-7-8-15-22(21)29(3)27(24)30/h4-17,28H,1-3H3. The van der Waals surface area contributed by atoms with Crippen molar-refractivity contribution in [3.8, 4) is 16.9 Å². The molecule has 5 rings (SSSR count). The molecule has 0 saturated heterocycles. The molecule has 160 valence electrons. The number of furan rings is 1. The number of rotatable bonds is 5. The topological polar surface area (TPSA) is 56.4 Å². The highest BCUT2D eigenvalue weighted by molar-refractivity contribution is 6.11. The highest BCUT2D eigenvalue weighted by Gasteiger charge is 2.23. The summed E-state index contributed by atoms with van der Waals surface area (Å²) in [5.41, 5.74) is 3.76. The minimum Gasteiger partial charge on any atom is -0.491 e. The van der Waals surface area contributed by atoms with Crippen LogP contribution in [-0.4, -0.2) is 10.7 Å². The lowest BCUT2D eigenvalue weighted by molar-refractivity contribution is 0.242. The third-order valence-corrected chi connectivity index (χ3v) is 5.46. The molecule has 3 aromatic carbocycles. The molecule has 32 heavy (non-hydrogen) atoms. The number of aromatic nitrogens is 1. The van der Waals surface area contributed by atoms with E-state index in [0.29, 0.717) is 16.9 Å². The molecule has 2 aromatic heterocycles. The molecule has 0 aliphatic carbocycles. The molecule has 0 spiro atoms. The third kappa shape index (κ3) is 3.42. The summed E-state index contributed by atoms with van der Waals surface area (Å²) in [6.07, 6.45) is 0.0464. The molecule has 0 saturated carbocycles. The largest absolute Gasteiger partial charge is 0.491 e. The van der Waals surface area contributed by atoms with Gasteiger partial charge < -0.3 is 19.0 Å². The molecule has 5 heteroatoms. The van der Waals surface area contributed by atoms with E-state index in [0.717, 1.165) is 33.5 Å². The van der Waals surface area contributed by atoms with E-state index in [4.69, 9.17) is 9.15 Å². The minimum atomic E-state index is -0.103. The van der Waals surface area contributed by atoms with Crippen molar-refractivity contribution in [3.05, 3.63) is 89.2 Å². The number of pyridine rings is 1. The van der Waals surface area contributed by atoms with Crippen LogP contribution in [0.5, 0.6) is 5.75 Å². The van der Waals surface area contributed by atoms with Gasteiger partial charge in [-0.05, 0) is 55.8 Å². The Morgan fingerprint density at radius 1 is 0.938 bits per heavy atom. The van der Waals surface area contributed by atoms with E-state index in [1.165, 1.54) is 0 Å². The van der Waals surface area contributed by atoms with Crippen molar-refractivity contribution < 1.29 is 9.15 Å². The molecule has 0 radical (unpaired) electrons. The molecule has 2 heterocycles. The summed E-state index contributed by atoms with van der Waals surface area (Å²) in [4.78, 5) is 13.5. The summed E-state index contributed by atoms with van der Waals surface area (Å²) in [5.74, 6) is 1.27. The Labute approximate surface area is 185 Å². The number of para-hydroxylation sites is 2. The fourth-order valence-electron chi connectivity index (χ4n) is 4.07. The van der Waals surface area contributed by atoms with Crippen molar-refractivity contribution in [1.29, 1.82) is 0 Å². The molecular formula is C27H24N2O3. The zero-order chi connectivity index (χ0) is 22.2. The van der Waals surface area contributed by atoms with Crippen LogP contribution in [-0.2, 0) is 7.05 Å². The van der Waals surface area contributed by atoms with E-state index in [2.05, 4.69) is 5.32 Å². The number of benzene rings is 3. The normalized spacial score (nSPS) is 11.4. The van der Waals surface area contributed by atoms with Gasteiger partial charge in [0.05, 0.1) is 22.6 Å². The molecular weight excluding hydrogens is 400 g/mol. The Bertz CT molecular complexity index is 1480. The monoisotopic (exact) mass is 424 g/mol. The summed E-state index contributed by atoms with van der Waals surface area (Å²) < 4.78 is 14.0. The molecule has 0 unspecified atom stereocenters. The van der Waals surface area contributed by atoms with Crippen molar-refractivity contribution in [2.75, 3.05) is 5.32 Å². The number of hydrogen-bond donors (Lipinski definition) is 1. The van der Waals surface area contributed by atoms with E-state index in [1.54, 1.807) is 11.6 Å². The van der Waals surface area contributed by atoms with Crippen LogP contribution < -0.4 is 15.6 Å².